The topological polar surface area (TPSA) is 30.7 Å². The Morgan fingerprint density at radius 1 is 0.893 bits per heavy atom. The summed E-state index contributed by atoms with van der Waals surface area (Å²) in [6.07, 6.45) is 0. The van der Waals surface area contributed by atoms with E-state index >= 15 is 0 Å². The van der Waals surface area contributed by atoms with Gasteiger partial charge in [-0.3, -0.25) is 4.57 Å². The predicted octanol–water partition coefficient (Wildman–Crippen LogP) is 6.16. The maximum Gasteiger partial charge on any atom is 0.196 e. The zero-order valence-electron chi connectivity index (χ0n) is 14.5. The molecular formula is C21H14ClF2N3S. The second kappa shape index (κ2) is 8.12. The summed E-state index contributed by atoms with van der Waals surface area (Å²) in [5.74, 6) is -0.249. The van der Waals surface area contributed by atoms with Crippen molar-refractivity contribution >= 4 is 23.4 Å². The van der Waals surface area contributed by atoms with Gasteiger partial charge in [0.05, 0.1) is 5.69 Å². The van der Waals surface area contributed by atoms with Crippen molar-refractivity contribution in [2.75, 3.05) is 0 Å². The molecule has 7 heteroatoms. The van der Waals surface area contributed by atoms with Crippen molar-refractivity contribution in [3.8, 4) is 17.1 Å². The summed E-state index contributed by atoms with van der Waals surface area (Å²) in [6.45, 7) is 0. The average Bonchev–Trinajstić information content (AvgIpc) is 3.11. The minimum atomic E-state index is -0.679. The fourth-order valence-corrected chi connectivity index (χ4v) is 3.89. The molecule has 0 radical (unpaired) electrons. The van der Waals surface area contributed by atoms with Crippen LogP contribution in [0, 0.1) is 11.6 Å². The molecular weight excluding hydrogens is 400 g/mol. The number of hydrogen-bond donors (Lipinski definition) is 0. The van der Waals surface area contributed by atoms with Gasteiger partial charge < -0.3 is 0 Å². The monoisotopic (exact) mass is 413 g/mol. The minimum absolute atomic E-state index is 0.193. The lowest BCUT2D eigenvalue weighted by Gasteiger charge is -2.11. The summed E-state index contributed by atoms with van der Waals surface area (Å²) in [5, 5.41) is 9.67. The van der Waals surface area contributed by atoms with Crippen LogP contribution in [0.2, 0.25) is 5.02 Å². The van der Waals surface area contributed by atoms with Crippen molar-refractivity contribution in [1.29, 1.82) is 0 Å². The zero-order valence-corrected chi connectivity index (χ0v) is 16.1. The van der Waals surface area contributed by atoms with E-state index in [1.54, 1.807) is 10.6 Å². The van der Waals surface area contributed by atoms with Gasteiger partial charge in [-0.05, 0) is 29.8 Å². The Morgan fingerprint density at radius 3 is 2.46 bits per heavy atom. The van der Waals surface area contributed by atoms with E-state index in [0.717, 1.165) is 17.2 Å². The van der Waals surface area contributed by atoms with Gasteiger partial charge in [-0.2, -0.15) is 0 Å². The molecule has 0 unspecified atom stereocenters. The summed E-state index contributed by atoms with van der Waals surface area (Å²) in [5.41, 5.74) is 1.99. The van der Waals surface area contributed by atoms with Crippen molar-refractivity contribution in [3.63, 3.8) is 0 Å². The van der Waals surface area contributed by atoms with E-state index in [4.69, 9.17) is 11.6 Å². The van der Waals surface area contributed by atoms with Crippen LogP contribution in [0.3, 0.4) is 0 Å². The molecule has 0 fully saturated rings. The van der Waals surface area contributed by atoms with Crippen LogP contribution in [0.5, 0.6) is 0 Å². The first kappa shape index (κ1) is 18.7. The molecule has 0 N–H and O–H groups in total. The lowest BCUT2D eigenvalue weighted by Crippen LogP contribution is -2.03. The Labute approximate surface area is 170 Å². The van der Waals surface area contributed by atoms with Crippen molar-refractivity contribution in [3.05, 3.63) is 95.0 Å². The van der Waals surface area contributed by atoms with E-state index in [1.165, 1.54) is 23.9 Å². The molecule has 0 saturated carbocycles. The van der Waals surface area contributed by atoms with Gasteiger partial charge in [0, 0.05) is 22.4 Å². The number of hydrogen-bond acceptors (Lipinski definition) is 3. The van der Waals surface area contributed by atoms with Crippen LogP contribution in [0.4, 0.5) is 8.78 Å². The third kappa shape index (κ3) is 3.93. The summed E-state index contributed by atoms with van der Waals surface area (Å²) in [7, 11) is 0. The molecule has 4 rings (SSSR count). The third-order valence-corrected chi connectivity index (χ3v) is 5.31. The minimum Gasteiger partial charge on any atom is -0.267 e. The second-order valence-electron chi connectivity index (χ2n) is 6.02. The zero-order chi connectivity index (χ0) is 19.5. The Morgan fingerprint density at radius 2 is 1.71 bits per heavy atom. The molecule has 1 heterocycles. The van der Waals surface area contributed by atoms with Crippen LogP contribution >= 0.6 is 23.4 Å². The molecule has 3 aromatic carbocycles. The molecule has 3 nitrogen and oxygen atoms in total. The predicted molar refractivity (Wildman–Crippen MR) is 108 cm³/mol. The summed E-state index contributed by atoms with van der Waals surface area (Å²) < 4.78 is 29.6. The normalized spacial score (nSPS) is 11.0. The molecule has 0 atom stereocenters. The highest BCUT2D eigenvalue weighted by Gasteiger charge is 2.19. The van der Waals surface area contributed by atoms with E-state index in [1.807, 2.05) is 48.5 Å². The van der Waals surface area contributed by atoms with Gasteiger partial charge in [0.1, 0.15) is 11.6 Å². The van der Waals surface area contributed by atoms with Crippen LogP contribution in [-0.4, -0.2) is 14.8 Å². The first-order chi connectivity index (χ1) is 13.6. The van der Waals surface area contributed by atoms with E-state index in [2.05, 4.69) is 10.2 Å². The number of benzene rings is 3. The van der Waals surface area contributed by atoms with Gasteiger partial charge in [-0.1, -0.05) is 65.8 Å². The highest BCUT2D eigenvalue weighted by molar-refractivity contribution is 7.98. The highest BCUT2D eigenvalue weighted by atomic mass is 35.5. The molecule has 140 valence electrons. The number of aromatic nitrogens is 3. The second-order valence-corrected chi connectivity index (χ2v) is 7.40. The van der Waals surface area contributed by atoms with Gasteiger partial charge in [0.2, 0.25) is 0 Å². The van der Waals surface area contributed by atoms with E-state index < -0.39 is 11.6 Å². The van der Waals surface area contributed by atoms with Crippen molar-refractivity contribution in [1.82, 2.24) is 14.8 Å². The molecule has 0 saturated heterocycles. The standard InChI is InChI=1S/C21H14ClF2N3S/c22-16-8-4-5-14(11-16)13-28-21-26-25-20(15-6-2-1-3-7-15)27(21)19-10-9-17(23)12-18(19)24/h1-12H,13H2. The smallest absolute Gasteiger partial charge is 0.196 e. The Balaban J connectivity index is 1.77. The molecule has 0 bridgehead atoms. The Hall–Kier alpha value is -2.70. The van der Waals surface area contributed by atoms with Crippen LogP contribution < -0.4 is 0 Å². The quantitative estimate of drug-likeness (QED) is 0.367. The number of rotatable bonds is 5. The van der Waals surface area contributed by atoms with Crippen LogP contribution in [0.15, 0.2) is 78.0 Å². The maximum atomic E-state index is 14.6. The maximum absolute atomic E-state index is 14.6. The first-order valence-corrected chi connectivity index (χ1v) is 9.81. The fourth-order valence-electron chi connectivity index (χ4n) is 2.79. The molecule has 0 aliphatic carbocycles. The molecule has 0 amide bonds. The summed E-state index contributed by atoms with van der Waals surface area (Å²) in [6, 6.07) is 20.3. The molecule has 1 aromatic heterocycles. The van der Waals surface area contributed by atoms with Gasteiger partial charge in [-0.25, -0.2) is 8.78 Å². The average molecular weight is 414 g/mol. The highest BCUT2D eigenvalue weighted by Crippen LogP contribution is 2.31. The van der Waals surface area contributed by atoms with E-state index in [9.17, 15) is 8.78 Å². The molecule has 0 aliphatic heterocycles. The third-order valence-electron chi connectivity index (χ3n) is 4.07. The fraction of sp³-hybridized carbons (Fsp3) is 0.0476. The molecule has 0 spiro atoms. The summed E-state index contributed by atoms with van der Waals surface area (Å²) in [4.78, 5) is 0. The van der Waals surface area contributed by atoms with Gasteiger partial charge in [0.25, 0.3) is 0 Å². The molecule has 0 aliphatic rings. The molecule has 28 heavy (non-hydrogen) atoms. The Bertz CT molecular complexity index is 1120. The number of thioether (sulfide) groups is 1. The van der Waals surface area contributed by atoms with Crippen LogP contribution in [-0.2, 0) is 5.75 Å². The SMILES string of the molecule is Fc1ccc(-n2c(SCc3cccc(Cl)c3)nnc2-c2ccccc2)c(F)c1. The van der Waals surface area contributed by atoms with Crippen molar-refractivity contribution in [2.24, 2.45) is 0 Å². The van der Waals surface area contributed by atoms with Crippen LogP contribution in [0.1, 0.15) is 5.56 Å². The lowest BCUT2D eigenvalue weighted by molar-refractivity contribution is 0.575. The van der Waals surface area contributed by atoms with Crippen molar-refractivity contribution in [2.45, 2.75) is 10.9 Å². The number of halogens is 3. The van der Waals surface area contributed by atoms with E-state index in [-0.39, 0.29) is 5.69 Å². The molecule has 4 aromatic rings. The van der Waals surface area contributed by atoms with Gasteiger partial charge >= 0.3 is 0 Å². The first-order valence-electron chi connectivity index (χ1n) is 8.45. The van der Waals surface area contributed by atoms with E-state index in [0.29, 0.717) is 21.8 Å². The lowest BCUT2D eigenvalue weighted by atomic mass is 10.2. The van der Waals surface area contributed by atoms with Crippen molar-refractivity contribution < 1.29 is 8.78 Å². The van der Waals surface area contributed by atoms with Gasteiger partial charge in [0.15, 0.2) is 11.0 Å². The largest absolute Gasteiger partial charge is 0.267 e. The van der Waals surface area contributed by atoms with Gasteiger partial charge in [-0.15, -0.1) is 10.2 Å². The van der Waals surface area contributed by atoms with Crippen LogP contribution in [0.25, 0.3) is 17.1 Å². The Kier molecular flexibility index (Phi) is 5.41. The summed E-state index contributed by atoms with van der Waals surface area (Å²) >= 11 is 7.45. The number of nitrogens with zero attached hydrogens (tertiary/aromatic N) is 3.